The number of unbranched alkanes of at least 4 members (excludes halogenated alkanes) is 32. The second kappa shape index (κ2) is 51.3. The van der Waals surface area contributed by atoms with Crippen LogP contribution in [0.1, 0.15) is 284 Å². The molecular formula is C56H102O6. The summed E-state index contributed by atoms with van der Waals surface area (Å²) in [5.41, 5.74) is 0. The summed E-state index contributed by atoms with van der Waals surface area (Å²) in [4.78, 5) is 37.9. The van der Waals surface area contributed by atoms with Gasteiger partial charge in [0.15, 0.2) is 6.10 Å². The molecule has 0 saturated heterocycles. The molecule has 0 aliphatic rings. The van der Waals surface area contributed by atoms with Gasteiger partial charge in [0, 0.05) is 19.3 Å². The summed E-state index contributed by atoms with van der Waals surface area (Å²) in [7, 11) is 0. The highest BCUT2D eigenvalue weighted by atomic mass is 16.6. The Morgan fingerprint density at radius 1 is 0.339 bits per heavy atom. The third kappa shape index (κ3) is 48.7. The SMILES string of the molecule is CC/C=C\C/C=C\C/C=C\CCCCCCCCCCCC(=O)OCC(COC(=O)CCCCCCCCCCC)OC(=O)CCCCCCCCCCCCCCCCCC. The second-order valence-corrected chi connectivity index (χ2v) is 18.1. The molecule has 0 aliphatic heterocycles. The van der Waals surface area contributed by atoms with Crippen molar-refractivity contribution in [3.05, 3.63) is 36.5 Å². The Kier molecular flexibility index (Phi) is 49.3. The van der Waals surface area contributed by atoms with Crippen LogP contribution in [0.3, 0.4) is 0 Å². The average molecular weight is 871 g/mol. The summed E-state index contributed by atoms with van der Waals surface area (Å²) in [6.07, 6.45) is 59.9. The highest BCUT2D eigenvalue weighted by Gasteiger charge is 2.19. The summed E-state index contributed by atoms with van der Waals surface area (Å²) in [5.74, 6) is -0.863. The Morgan fingerprint density at radius 3 is 0.984 bits per heavy atom. The van der Waals surface area contributed by atoms with Gasteiger partial charge in [-0.15, -0.1) is 0 Å². The first-order chi connectivity index (χ1) is 30.5. The lowest BCUT2D eigenvalue weighted by atomic mass is 10.0. The van der Waals surface area contributed by atoms with Crippen molar-refractivity contribution in [3.63, 3.8) is 0 Å². The van der Waals surface area contributed by atoms with Gasteiger partial charge in [0.1, 0.15) is 13.2 Å². The van der Waals surface area contributed by atoms with Gasteiger partial charge in [-0.1, -0.05) is 250 Å². The third-order valence-electron chi connectivity index (χ3n) is 11.9. The smallest absolute Gasteiger partial charge is 0.306 e. The van der Waals surface area contributed by atoms with Crippen LogP contribution in [0.5, 0.6) is 0 Å². The number of allylic oxidation sites excluding steroid dienone is 6. The Labute approximate surface area is 385 Å². The zero-order valence-corrected chi connectivity index (χ0v) is 41.4. The number of carbonyl (C=O) groups is 3. The molecule has 0 saturated carbocycles. The summed E-state index contributed by atoms with van der Waals surface area (Å²) in [6, 6.07) is 0. The standard InChI is InChI=1S/C56H102O6/c1-4-7-10-13-16-19-21-23-25-27-28-29-31-32-34-37-40-43-46-49-55(58)61-52-53(51-60-54(57)48-45-42-39-36-18-15-12-9-6-3)62-56(59)50-47-44-41-38-35-33-30-26-24-22-20-17-14-11-8-5-2/h7,10,16,19,23,25,53H,4-6,8-9,11-15,17-18,20-22,24,26-52H2,1-3H3/b10-7-,19-16-,25-23-. The molecule has 0 rings (SSSR count). The average Bonchev–Trinajstić information content (AvgIpc) is 3.27. The van der Waals surface area contributed by atoms with E-state index in [4.69, 9.17) is 14.2 Å². The van der Waals surface area contributed by atoms with Crippen molar-refractivity contribution in [3.8, 4) is 0 Å². The van der Waals surface area contributed by atoms with Crippen LogP contribution >= 0.6 is 0 Å². The Balaban J connectivity index is 4.26. The number of hydrogen-bond acceptors (Lipinski definition) is 6. The van der Waals surface area contributed by atoms with Crippen molar-refractivity contribution < 1.29 is 28.6 Å². The van der Waals surface area contributed by atoms with E-state index in [9.17, 15) is 14.4 Å². The molecule has 0 radical (unpaired) electrons. The minimum atomic E-state index is -0.768. The van der Waals surface area contributed by atoms with E-state index in [1.807, 2.05) is 0 Å². The van der Waals surface area contributed by atoms with E-state index < -0.39 is 6.10 Å². The van der Waals surface area contributed by atoms with Crippen molar-refractivity contribution >= 4 is 17.9 Å². The molecule has 0 N–H and O–H groups in total. The molecule has 0 aromatic heterocycles. The maximum atomic E-state index is 12.8. The fourth-order valence-corrected chi connectivity index (χ4v) is 7.87. The van der Waals surface area contributed by atoms with Crippen LogP contribution in [0.4, 0.5) is 0 Å². The van der Waals surface area contributed by atoms with Crippen molar-refractivity contribution in [2.45, 2.75) is 290 Å². The molecule has 0 fully saturated rings. The van der Waals surface area contributed by atoms with E-state index in [-0.39, 0.29) is 31.1 Å². The van der Waals surface area contributed by atoms with Crippen molar-refractivity contribution in [1.82, 2.24) is 0 Å². The highest BCUT2D eigenvalue weighted by molar-refractivity contribution is 5.71. The lowest BCUT2D eigenvalue weighted by Gasteiger charge is -2.18. The zero-order chi connectivity index (χ0) is 45.1. The molecule has 362 valence electrons. The van der Waals surface area contributed by atoms with Crippen LogP contribution in [-0.4, -0.2) is 37.2 Å². The predicted molar refractivity (Wildman–Crippen MR) is 266 cm³/mol. The van der Waals surface area contributed by atoms with Gasteiger partial charge >= 0.3 is 17.9 Å². The number of ether oxygens (including phenoxy) is 3. The zero-order valence-electron chi connectivity index (χ0n) is 41.4. The topological polar surface area (TPSA) is 78.9 Å². The lowest BCUT2D eigenvalue weighted by Crippen LogP contribution is -2.30. The predicted octanol–water partition coefficient (Wildman–Crippen LogP) is 17.7. The third-order valence-corrected chi connectivity index (χ3v) is 11.9. The Hall–Kier alpha value is -2.37. The fraction of sp³-hybridized carbons (Fsp3) is 0.839. The Morgan fingerprint density at radius 2 is 0.629 bits per heavy atom. The maximum Gasteiger partial charge on any atom is 0.306 e. The van der Waals surface area contributed by atoms with Gasteiger partial charge in [0.05, 0.1) is 0 Å². The molecule has 6 heteroatoms. The molecule has 62 heavy (non-hydrogen) atoms. The van der Waals surface area contributed by atoms with E-state index in [2.05, 4.69) is 57.2 Å². The van der Waals surface area contributed by atoms with Crippen LogP contribution in [0.15, 0.2) is 36.5 Å². The van der Waals surface area contributed by atoms with E-state index in [0.29, 0.717) is 19.3 Å². The molecule has 0 amide bonds. The minimum absolute atomic E-state index is 0.0695. The van der Waals surface area contributed by atoms with Gasteiger partial charge in [-0.25, -0.2) is 0 Å². The van der Waals surface area contributed by atoms with E-state index in [0.717, 1.165) is 77.0 Å². The van der Waals surface area contributed by atoms with Crippen LogP contribution in [-0.2, 0) is 28.6 Å². The molecule has 1 unspecified atom stereocenters. The van der Waals surface area contributed by atoms with Crippen LogP contribution < -0.4 is 0 Å². The molecular weight excluding hydrogens is 769 g/mol. The van der Waals surface area contributed by atoms with E-state index >= 15 is 0 Å². The van der Waals surface area contributed by atoms with E-state index in [1.54, 1.807) is 0 Å². The number of carbonyl (C=O) groups excluding carboxylic acids is 3. The van der Waals surface area contributed by atoms with Crippen LogP contribution in [0.2, 0.25) is 0 Å². The first kappa shape index (κ1) is 59.6. The maximum absolute atomic E-state index is 12.8. The largest absolute Gasteiger partial charge is 0.462 e. The van der Waals surface area contributed by atoms with Gasteiger partial charge < -0.3 is 14.2 Å². The number of esters is 3. The molecule has 0 aliphatic carbocycles. The molecule has 0 spiro atoms. The first-order valence-electron chi connectivity index (χ1n) is 27.0. The van der Waals surface area contributed by atoms with Crippen molar-refractivity contribution in [2.24, 2.45) is 0 Å². The molecule has 0 aromatic rings. The molecule has 6 nitrogen and oxygen atoms in total. The summed E-state index contributed by atoms with van der Waals surface area (Å²) in [5, 5.41) is 0. The van der Waals surface area contributed by atoms with Gasteiger partial charge in [-0.3, -0.25) is 14.4 Å². The van der Waals surface area contributed by atoms with Crippen LogP contribution in [0, 0.1) is 0 Å². The second-order valence-electron chi connectivity index (χ2n) is 18.1. The quantitative estimate of drug-likeness (QED) is 0.0262. The summed E-state index contributed by atoms with van der Waals surface area (Å²) >= 11 is 0. The number of hydrogen-bond donors (Lipinski definition) is 0. The lowest BCUT2D eigenvalue weighted by molar-refractivity contribution is -0.167. The minimum Gasteiger partial charge on any atom is -0.462 e. The van der Waals surface area contributed by atoms with Gasteiger partial charge in [-0.05, 0) is 51.4 Å². The summed E-state index contributed by atoms with van der Waals surface area (Å²) in [6.45, 7) is 6.54. The van der Waals surface area contributed by atoms with Gasteiger partial charge in [0.25, 0.3) is 0 Å². The van der Waals surface area contributed by atoms with Crippen LogP contribution in [0.25, 0.3) is 0 Å². The molecule has 0 aromatic carbocycles. The van der Waals surface area contributed by atoms with Crippen molar-refractivity contribution in [1.29, 1.82) is 0 Å². The molecule has 1 atom stereocenters. The Bertz CT molecular complexity index is 1050. The molecule has 0 heterocycles. The fourth-order valence-electron chi connectivity index (χ4n) is 7.87. The molecule has 0 bridgehead atoms. The normalized spacial score (nSPS) is 12.2. The van der Waals surface area contributed by atoms with Gasteiger partial charge in [-0.2, -0.15) is 0 Å². The van der Waals surface area contributed by atoms with Crippen molar-refractivity contribution in [2.75, 3.05) is 13.2 Å². The van der Waals surface area contributed by atoms with Gasteiger partial charge in [0.2, 0.25) is 0 Å². The monoisotopic (exact) mass is 871 g/mol. The summed E-state index contributed by atoms with van der Waals surface area (Å²) < 4.78 is 16.8. The van der Waals surface area contributed by atoms with E-state index in [1.165, 1.54) is 167 Å². The first-order valence-corrected chi connectivity index (χ1v) is 27.0. The number of rotatable bonds is 49. The highest BCUT2D eigenvalue weighted by Crippen LogP contribution is 2.16.